The van der Waals surface area contributed by atoms with Crippen LogP contribution in [0.2, 0.25) is 0 Å². The SMILES string of the molecule is O=C1CC2(CCCC2)C(=O)N1Cc1cn(CC2CC2)nn1. The fourth-order valence-electron chi connectivity index (χ4n) is 3.69. The molecule has 0 bridgehead atoms. The van der Waals surface area contributed by atoms with Crippen molar-refractivity contribution >= 4 is 11.8 Å². The van der Waals surface area contributed by atoms with Gasteiger partial charge in [0.15, 0.2) is 0 Å². The second-order valence-electron chi connectivity index (χ2n) is 6.82. The van der Waals surface area contributed by atoms with Crippen LogP contribution in [0.15, 0.2) is 6.20 Å². The number of nitrogens with zero attached hydrogens (tertiary/aromatic N) is 4. The molecular weight excluding hydrogens is 268 g/mol. The van der Waals surface area contributed by atoms with Crippen LogP contribution in [0, 0.1) is 11.3 Å². The van der Waals surface area contributed by atoms with Crippen molar-refractivity contribution in [3.63, 3.8) is 0 Å². The Morgan fingerprint density at radius 1 is 1.24 bits per heavy atom. The number of aromatic nitrogens is 3. The van der Waals surface area contributed by atoms with Crippen molar-refractivity contribution in [1.82, 2.24) is 19.9 Å². The maximum absolute atomic E-state index is 12.6. The third-order valence-corrected chi connectivity index (χ3v) is 5.10. The van der Waals surface area contributed by atoms with Crippen LogP contribution >= 0.6 is 0 Å². The van der Waals surface area contributed by atoms with E-state index in [0.29, 0.717) is 12.1 Å². The highest BCUT2D eigenvalue weighted by molar-refractivity contribution is 6.05. The third kappa shape index (κ3) is 2.26. The van der Waals surface area contributed by atoms with Gasteiger partial charge in [0, 0.05) is 13.0 Å². The summed E-state index contributed by atoms with van der Waals surface area (Å²) in [5, 5.41) is 8.21. The van der Waals surface area contributed by atoms with Gasteiger partial charge in [-0.1, -0.05) is 18.1 Å². The Morgan fingerprint density at radius 3 is 2.71 bits per heavy atom. The molecule has 21 heavy (non-hydrogen) atoms. The Hall–Kier alpha value is -1.72. The summed E-state index contributed by atoms with van der Waals surface area (Å²) in [5.74, 6) is 0.705. The molecule has 1 saturated heterocycles. The van der Waals surface area contributed by atoms with Gasteiger partial charge in [0.1, 0.15) is 5.69 Å². The maximum Gasteiger partial charge on any atom is 0.236 e. The summed E-state index contributed by atoms with van der Waals surface area (Å²) in [4.78, 5) is 26.2. The Morgan fingerprint density at radius 2 is 2.00 bits per heavy atom. The van der Waals surface area contributed by atoms with E-state index < -0.39 is 0 Å². The summed E-state index contributed by atoms with van der Waals surface area (Å²) in [7, 11) is 0. The highest BCUT2D eigenvalue weighted by Crippen LogP contribution is 2.47. The summed E-state index contributed by atoms with van der Waals surface area (Å²) in [6.07, 6.45) is 8.64. The van der Waals surface area contributed by atoms with Crippen molar-refractivity contribution in [1.29, 1.82) is 0 Å². The summed E-state index contributed by atoms with van der Waals surface area (Å²) in [5.41, 5.74) is 0.327. The van der Waals surface area contributed by atoms with Crippen LogP contribution in [0.4, 0.5) is 0 Å². The molecule has 1 aromatic rings. The van der Waals surface area contributed by atoms with Crippen LogP contribution in [0.1, 0.15) is 50.6 Å². The Kier molecular flexibility index (Phi) is 2.87. The largest absolute Gasteiger partial charge is 0.276 e. The monoisotopic (exact) mass is 288 g/mol. The number of amides is 2. The van der Waals surface area contributed by atoms with E-state index >= 15 is 0 Å². The topological polar surface area (TPSA) is 68.1 Å². The third-order valence-electron chi connectivity index (χ3n) is 5.10. The van der Waals surface area contributed by atoms with Crippen molar-refractivity contribution in [2.75, 3.05) is 0 Å². The van der Waals surface area contributed by atoms with Gasteiger partial charge in [-0.3, -0.25) is 19.2 Å². The second kappa shape index (κ2) is 4.64. The van der Waals surface area contributed by atoms with Crippen molar-refractivity contribution in [3.8, 4) is 0 Å². The maximum atomic E-state index is 12.6. The number of hydrogen-bond acceptors (Lipinski definition) is 4. The van der Waals surface area contributed by atoms with Crippen molar-refractivity contribution < 1.29 is 9.59 Å². The Balaban J connectivity index is 1.47. The molecule has 0 aromatic carbocycles. The first-order valence-electron chi connectivity index (χ1n) is 7.90. The summed E-state index contributed by atoms with van der Waals surface area (Å²) in [6, 6.07) is 0. The molecule has 4 rings (SSSR count). The highest BCUT2D eigenvalue weighted by atomic mass is 16.2. The lowest BCUT2D eigenvalue weighted by molar-refractivity contribution is -0.142. The molecule has 2 saturated carbocycles. The van der Waals surface area contributed by atoms with Crippen LogP contribution in [0.5, 0.6) is 0 Å². The van der Waals surface area contributed by atoms with E-state index in [9.17, 15) is 9.59 Å². The minimum Gasteiger partial charge on any atom is -0.276 e. The number of likely N-dealkylation sites (tertiary alicyclic amines) is 1. The first-order valence-corrected chi connectivity index (χ1v) is 7.90. The summed E-state index contributed by atoms with van der Waals surface area (Å²) >= 11 is 0. The smallest absolute Gasteiger partial charge is 0.236 e. The first kappa shape index (κ1) is 13.0. The molecule has 0 radical (unpaired) electrons. The molecule has 6 nitrogen and oxygen atoms in total. The second-order valence-corrected chi connectivity index (χ2v) is 6.82. The Bertz CT molecular complexity index is 584. The van der Waals surface area contributed by atoms with E-state index in [2.05, 4.69) is 10.3 Å². The lowest BCUT2D eigenvalue weighted by Gasteiger charge is -2.20. The van der Waals surface area contributed by atoms with Crippen molar-refractivity contribution in [2.45, 2.75) is 58.0 Å². The molecule has 0 N–H and O–H groups in total. The number of hydrogen-bond donors (Lipinski definition) is 0. The molecule has 2 heterocycles. The standard InChI is InChI=1S/C15H20N4O2/c20-13-7-15(5-1-2-6-15)14(21)19(13)10-12-9-18(17-16-12)8-11-3-4-11/h9,11H,1-8,10H2. The van der Waals surface area contributed by atoms with Gasteiger partial charge in [0.05, 0.1) is 18.2 Å². The molecule has 1 spiro atoms. The molecule has 6 heteroatoms. The number of carbonyl (C=O) groups is 2. The lowest BCUT2D eigenvalue weighted by Crippen LogP contribution is -2.34. The molecule has 2 aliphatic carbocycles. The van der Waals surface area contributed by atoms with Crippen LogP contribution < -0.4 is 0 Å². The first-order chi connectivity index (χ1) is 10.2. The molecular formula is C15H20N4O2. The molecule has 0 unspecified atom stereocenters. The molecule has 3 fully saturated rings. The van der Waals surface area contributed by atoms with Gasteiger partial charge in [-0.15, -0.1) is 5.10 Å². The number of rotatable bonds is 4. The van der Waals surface area contributed by atoms with Crippen LogP contribution in [0.25, 0.3) is 0 Å². The zero-order chi connectivity index (χ0) is 14.4. The number of imide groups is 1. The fraction of sp³-hybridized carbons (Fsp3) is 0.733. The average Bonchev–Trinajstić information content (AvgIpc) is 2.89. The van der Waals surface area contributed by atoms with E-state index in [4.69, 9.17) is 0 Å². The van der Waals surface area contributed by atoms with Gasteiger partial charge in [0.2, 0.25) is 11.8 Å². The molecule has 2 amide bonds. The fourth-order valence-corrected chi connectivity index (χ4v) is 3.69. The normalized spacial score (nSPS) is 24.5. The quantitative estimate of drug-likeness (QED) is 0.788. The zero-order valence-corrected chi connectivity index (χ0v) is 12.1. The van der Waals surface area contributed by atoms with E-state index in [1.165, 1.54) is 17.7 Å². The molecule has 1 aliphatic heterocycles. The van der Waals surface area contributed by atoms with E-state index in [1.54, 1.807) is 0 Å². The van der Waals surface area contributed by atoms with Gasteiger partial charge in [-0.2, -0.15) is 0 Å². The van der Waals surface area contributed by atoms with Gasteiger partial charge < -0.3 is 0 Å². The van der Waals surface area contributed by atoms with Gasteiger partial charge >= 0.3 is 0 Å². The molecule has 1 aromatic heterocycles. The van der Waals surface area contributed by atoms with Crippen LogP contribution in [0.3, 0.4) is 0 Å². The number of carbonyl (C=O) groups excluding carboxylic acids is 2. The summed E-state index contributed by atoms with van der Waals surface area (Å²) in [6.45, 7) is 1.18. The van der Waals surface area contributed by atoms with Gasteiger partial charge in [-0.25, -0.2) is 0 Å². The predicted molar refractivity (Wildman–Crippen MR) is 73.8 cm³/mol. The summed E-state index contributed by atoms with van der Waals surface area (Å²) < 4.78 is 1.84. The zero-order valence-electron chi connectivity index (χ0n) is 12.1. The molecule has 0 atom stereocenters. The average molecular weight is 288 g/mol. The Labute approximate surface area is 123 Å². The van der Waals surface area contributed by atoms with Crippen molar-refractivity contribution in [2.24, 2.45) is 11.3 Å². The van der Waals surface area contributed by atoms with E-state index in [0.717, 1.165) is 38.1 Å². The predicted octanol–water partition coefficient (Wildman–Crippen LogP) is 1.51. The molecule has 112 valence electrons. The van der Waals surface area contributed by atoms with Crippen LogP contribution in [-0.4, -0.2) is 31.7 Å². The van der Waals surface area contributed by atoms with Gasteiger partial charge in [-0.05, 0) is 31.6 Å². The van der Waals surface area contributed by atoms with Crippen LogP contribution in [-0.2, 0) is 22.7 Å². The van der Waals surface area contributed by atoms with Gasteiger partial charge in [0.25, 0.3) is 0 Å². The minimum atomic E-state index is -0.388. The van der Waals surface area contributed by atoms with E-state index in [-0.39, 0.29) is 23.8 Å². The minimum absolute atomic E-state index is 0.0155. The lowest BCUT2D eigenvalue weighted by atomic mass is 9.84. The molecule has 3 aliphatic rings. The highest BCUT2D eigenvalue weighted by Gasteiger charge is 2.52. The van der Waals surface area contributed by atoms with E-state index in [1.807, 2.05) is 10.9 Å². The van der Waals surface area contributed by atoms with Crippen molar-refractivity contribution in [3.05, 3.63) is 11.9 Å².